The SMILES string of the molecule is C=CC1CN(Cc2ccccc2)Cc2cc(-c3ccccc3)[nH]c21. The van der Waals surface area contributed by atoms with Crippen LogP contribution in [0.25, 0.3) is 11.3 Å². The van der Waals surface area contributed by atoms with Crippen LogP contribution >= 0.6 is 0 Å². The molecular formula is C22H22N2. The van der Waals surface area contributed by atoms with Gasteiger partial charge in [0.1, 0.15) is 0 Å². The molecule has 0 saturated carbocycles. The first-order valence-corrected chi connectivity index (χ1v) is 8.49. The van der Waals surface area contributed by atoms with E-state index in [0.717, 1.165) is 19.6 Å². The van der Waals surface area contributed by atoms with E-state index >= 15 is 0 Å². The van der Waals surface area contributed by atoms with Crippen LogP contribution in [0.15, 0.2) is 79.4 Å². The number of fused-ring (bicyclic) bond motifs is 1. The summed E-state index contributed by atoms with van der Waals surface area (Å²) in [5.74, 6) is 0.356. The van der Waals surface area contributed by atoms with Crippen molar-refractivity contribution in [1.82, 2.24) is 9.88 Å². The van der Waals surface area contributed by atoms with E-state index in [-0.39, 0.29) is 0 Å². The lowest BCUT2D eigenvalue weighted by molar-refractivity contribution is 0.233. The number of nitrogens with zero attached hydrogens (tertiary/aromatic N) is 1. The van der Waals surface area contributed by atoms with Crippen LogP contribution in [0.4, 0.5) is 0 Å². The van der Waals surface area contributed by atoms with Gasteiger partial charge in [0.05, 0.1) is 0 Å². The van der Waals surface area contributed by atoms with Crippen LogP contribution in [0.5, 0.6) is 0 Å². The summed E-state index contributed by atoms with van der Waals surface area (Å²) in [4.78, 5) is 6.14. The van der Waals surface area contributed by atoms with Crippen molar-refractivity contribution in [2.45, 2.75) is 19.0 Å². The minimum absolute atomic E-state index is 0.356. The fraction of sp³-hybridized carbons (Fsp3) is 0.182. The minimum Gasteiger partial charge on any atom is -0.358 e. The van der Waals surface area contributed by atoms with Crippen LogP contribution in [-0.2, 0) is 13.1 Å². The van der Waals surface area contributed by atoms with Gasteiger partial charge in [0.25, 0.3) is 0 Å². The highest BCUT2D eigenvalue weighted by molar-refractivity contribution is 5.62. The molecule has 24 heavy (non-hydrogen) atoms. The Balaban J connectivity index is 1.62. The van der Waals surface area contributed by atoms with Gasteiger partial charge in [-0.05, 0) is 22.8 Å². The van der Waals surface area contributed by atoms with Gasteiger partial charge in [0, 0.05) is 36.9 Å². The van der Waals surface area contributed by atoms with Crippen molar-refractivity contribution in [3.8, 4) is 11.3 Å². The standard InChI is InChI=1S/C22H22N2/c1-2-18-15-24(14-17-9-5-3-6-10-17)16-20-13-21(23-22(18)20)19-11-7-4-8-12-19/h2-13,18,23H,1,14-16H2. The van der Waals surface area contributed by atoms with Crippen molar-refractivity contribution in [2.75, 3.05) is 6.54 Å². The van der Waals surface area contributed by atoms with Gasteiger partial charge in [-0.1, -0.05) is 66.7 Å². The number of hydrogen-bond donors (Lipinski definition) is 1. The predicted molar refractivity (Wildman–Crippen MR) is 99.7 cm³/mol. The Morgan fingerprint density at radius 2 is 1.75 bits per heavy atom. The molecule has 0 spiro atoms. The van der Waals surface area contributed by atoms with Gasteiger partial charge in [-0.3, -0.25) is 4.90 Å². The summed E-state index contributed by atoms with van der Waals surface area (Å²) >= 11 is 0. The molecule has 2 heteroatoms. The van der Waals surface area contributed by atoms with E-state index in [1.54, 1.807) is 0 Å². The topological polar surface area (TPSA) is 19.0 Å². The van der Waals surface area contributed by atoms with Crippen LogP contribution in [0.2, 0.25) is 0 Å². The van der Waals surface area contributed by atoms with E-state index in [9.17, 15) is 0 Å². The normalized spacial score (nSPS) is 17.4. The van der Waals surface area contributed by atoms with Gasteiger partial charge < -0.3 is 4.98 Å². The average molecular weight is 314 g/mol. The second-order valence-corrected chi connectivity index (χ2v) is 6.49. The fourth-order valence-electron chi connectivity index (χ4n) is 3.58. The van der Waals surface area contributed by atoms with E-state index < -0.39 is 0 Å². The van der Waals surface area contributed by atoms with Crippen molar-refractivity contribution >= 4 is 0 Å². The van der Waals surface area contributed by atoms with Crippen LogP contribution < -0.4 is 0 Å². The van der Waals surface area contributed by atoms with Crippen LogP contribution in [0.3, 0.4) is 0 Å². The molecule has 120 valence electrons. The summed E-state index contributed by atoms with van der Waals surface area (Å²) in [6.45, 7) is 7.04. The van der Waals surface area contributed by atoms with Gasteiger partial charge in [-0.2, -0.15) is 0 Å². The maximum atomic E-state index is 4.06. The van der Waals surface area contributed by atoms with Crippen LogP contribution in [0, 0.1) is 0 Å². The number of nitrogens with one attached hydrogen (secondary N) is 1. The molecule has 1 N–H and O–H groups in total. The fourth-order valence-corrected chi connectivity index (χ4v) is 3.58. The van der Waals surface area contributed by atoms with Gasteiger partial charge in [-0.25, -0.2) is 0 Å². The van der Waals surface area contributed by atoms with Crippen molar-refractivity contribution < 1.29 is 0 Å². The number of rotatable bonds is 4. The molecule has 1 unspecified atom stereocenters. The van der Waals surface area contributed by atoms with Crippen LogP contribution in [0.1, 0.15) is 22.7 Å². The molecule has 0 saturated heterocycles. The Hall–Kier alpha value is -2.58. The first-order valence-electron chi connectivity index (χ1n) is 8.49. The molecule has 1 aliphatic rings. The quantitative estimate of drug-likeness (QED) is 0.674. The number of aromatic amines is 1. The zero-order valence-electron chi connectivity index (χ0n) is 13.8. The largest absolute Gasteiger partial charge is 0.358 e. The molecule has 2 nitrogen and oxygen atoms in total. The maximum absolute atomic E-state index is 4.06. The molecule has 0 aliphatic carbocycles. The third-order valence-corrected chi connectivity index (χ3v) is 4.77. The van der Waals surface area contributed by atoms with Gasteiger partial charge >= 0.3 is 0 Å². The Morgan fingerprint density at radius 3 is 2.46 bits per heavy atom. The molecule has 1 aliphatic heterocycles. The van der Waals surface area contributed by atoms with Crippen molar-refractivity contribution in [3.05, 3.63) is 96.2 Å². The molecule has 1 atom stereocenters. The van der Waals surface area contributed by atoms with Crippen molar-refractivity contribution in [2.24, 2.45) is 0 Å². The third kappa shape index (κ3) is 2.93. The number of hydrogen-bond acceptors (Lipinski definition) is 1. The highest BCUT2D eigenvalue weighted by Gasteiger charge is 2.25. The van der Waals surface area contributed by atoms with Crippen molar-refractivity contribution in [3.63, 3.8) is 0 Å². The number of benzene rings is 2. The Kier molecular flexibility index (Phi) is 4.06. The Morgan fingerprint density at radius 1 is 1.04 bits per heavy atom. The maximum Gasteiger partial charge on any atom is 0.0459 e. The second-order valence-electron chi connectivity index (χ2n) is 6.49. The number of H-pyrrole nitrogens is 1. The highest BCUT2D eigenvalue weighted by atomic mass is 15.1. The molecule has 0 amide bonds. The summed E-state index contributed by atoms with van der Waals surface area (Å²) in [6, 6.07) is 23.5. The van der Waals surface area contributed by atoms with E-state index in [0.29, 0.717) is 5.92 Å². The summed E-state index contributed by atoms with van der Waals surface area (Å²) in [6.07, 6.45) is 2.07. The summed E-state index contributed by atoms with van der Waals surface area (Å²) in [5, 5.41) is 0. The monoisotopic (exact) mass is 314 g/mol. The zero-order chi connectivity index (χ0) is 16.4. The van der Waals surface area contributed by atoms with Gasteiger partial charge in [0.15, 0.2) is 0 Å². The van der Waals surface area contributed by atoms with Gasteiger partial charge in [-0.15, -0.1) is 6.58 Å². The molecule has 0 bridgehead atoms. The third-order valence-electron chi connectivity index (χ3n) is 4.77. The lowest BCUT2D eigenvalue weighted by Gasteiger charge is -2.31. The molecule has 4 rings (SSSR count). The van der Waals surface area contributed by atoms with E-state index in [1.807, 2.05) is 0 Å². The van der Waals surface area contributed by atoms with E-state index in [1.165, 1.54) is 28.1 Å². The molecule has 2 heterocycles. The highest BCUT2D eigenvalue weighted by Crippen LogP contribution is 2.33. The second kappa shape index (κ2) is 6.50. The van der Waals surface area contributed by atoms with Gasteiger partial charge in [0.2, 0.25) is 0 Å². The molecule has 1 aromatic heterocycles. The van der Waals surface area contributed by atoms with Crippen LogP contribution in [-0.4, -0.2) is 16.4 Å². The molecule has 0 radical (unpaired) electrons. The summed E-state index contributed by atoms with van der Waals surface area (Å²) in [7, 11) is 0. The molecular weight excluding hydrogens is 292 g/mol. The Bertz CT molecular complexity index is 818. The first-order chi connectivity index (χ1) is 11.8. The first kappa shape index (κ1) is 15.0. The smallest absolute Gasteiger partial charge is 0.0459 e. The van der Waals surface area contributed by atoms with E-state index in [4.69, 9.17) is 0 Å². The molecule has 2 aromatic carbocycles. The summed E-state index contributed by atoms with van der Waals surface area (Å²) in [5.41, 5.74) is 6.52. The predicted octanol–water partition coefficient (Wildman–Crippen LogP) is 4.97. The Labute approximate surface area is 143 Å². The molecule has 3 aromatic rings. The van der Waals surface area contributed by atoms with Crippen molar-refractivity contribution in [1.29, 1.82) is 0 Å². The summed E-state index contributed by atoms with van der Waals surface area (Å²) < 4.78 is 0. The average Bonchev–Trinajstić information content (AvgIpc) is 3.07. The molecule has 0 fully saturated rings. The number of aromatic nitrogens is 1. The van der Waals surface area contributed by atoms with E-state index in [2.05, 4.69) is 89.3 Å². The lowest BCUT2D eigenvalue weighted by atomic mass is 9.96. The lowest BCUT2D eigenvalue weighted by Crippen LogP contribution is -2.32. The zero-order valence-corrected chi connectivity index (χ0v) is 13.8. The minimum atomic E-state index is 0.356.